The quantitative estimate of drug-likeness (QED) is 0.504. The van der Waals surface area contributed by atoms with Gasteiger partial charge < -0.3 is 20.1 Å². The van der Waals surface area contributed by atoms with Gasteiger partial charge in [-0.1, -0.05) is 17.9 Å². The molecule has 2 aromatic rings. The predicted molar refractivity (Wildman–Crippen MR) is 112 cm³/mol. The summed E-state index contributed by atoms with van der Waals surface area (Å²) in [5, 5.41) is 15.9. The molecule has 2 heterocycles. The van der Waals surface area contributed by atoms with Gasteiger partial charge in [0.2, 0.25) is 5.91 Å². The molecule has 9 nitrogen and oxygen atoms in total. The van der Waals surface area contributed by atoms with Crippen molar-refractivity contribution in [3.05, 3.63) is 46.8 Å². The Morgan fingerprint density at radius 2 is 2.19 bits per heavy atom. The number of ether oxygens (including phenoxy) is 1. The summed E-state index contributed by atoms with van der Waals surface area (Å²) in [5.74, 6) is 4.78. The fourth-order valence-corrected chi connectivity index (χ4v) is 3.16. The monoisotopic (exact) mass is 424 g/mol. The summed E-state index contributed by atoms with van der Waals surface area (Å²) >= 11 is 0. The van der Waals surface area contributed by atoms with Crippen LogP contribution in [0.5, 0.6) is 0 Å². The predicted octanol–water partition coefficient (Wildman–Crippen LogP) is 0.875. The highest BCUT2D eigenvalue weighted by Crippen LogP contribution is 2.24. The third kappa shape index (κ3) is 4.92. The van der Waals surface area contributed by atoms with Gasteiger partial charge in [0.05, 0.1) is 18.7 Å². The van der Waals surface area contributed by atoms with Crippen LogP contribution < -0.4 is 5.32 Å². The van der Waals surface area contributed by atoms with Gasteiger partial charge in [0.1, 0.15) is 5.69 Å². The Labute approximate surface area is 180 Å². The Kier molecular flexibility index (Phi) is 7.05. The molecular formula is C22H24N4O5. The van der Waals surface area contributed by atoms with Crippen molar-refractivity contribution in [2.45, 2.75) is 26.3 Å². The van der Waals surface area contributed by atoms with E-state index in [1.165, 1.54) is 9.58 Å². The van der Waals surface area contributed by atoms with Gasteiger partial charge >= 0.3 is 5.97 Å². The number of carbonyl (C=O) groups is 3. The molecule has 3 rings (SSSR count). The van der Waals surface area contributed by atoms with Crippen molar-refractivity contribution in [3.63, 3.8) is 0 Å². The van der Waals surface area contributed by atoms with Crippen molar-refractivity contribution in [2.75, 3.05) is 26.8 Å². The molecule has 162 valence electrons. The van der Waals surface area contributed by atoms with Gasteiger partial charge in [-0.2, -0.15) is 5.10 Å². The van der Waals surface area contributed by atoms with Gasteiger partial charge in [0.25, 0.3) is 5.91 Å². The number of aliphatic hydroxyl groups excluding tert-OH is 1. The summed E-state index contributed by atoms with van der Waals surface area (Å²) < 4.78 is 6.47. The number of aromatic nitrogens is 2. The van der Waals surface area contributed by atoms with Gasteiger partial charge in [0, 0.05) is 37.9 Å². The summed E-state index contributed by atoms with van der Waals surface area (Å²) in [5.41, 5.74) is 2.14. The number of hydrogen-bond acceptors (Lipinski definition) is 6. The molecule has 2 N–H and O–H groups in total. The molecule has 1 aromatic carbocycles. The molecule has 31 heavy (non-hydrogen) atoms. The van der Waals surface area contributed by atoms with Crippen molar-refractivity contribution < 1.29 is 24.2 Å². The summed E-state index contributed by atoms with van der Waals surface area (Å²) in [6.45, 7) is 2.63. The molecule has 0 fully saturated rings. The van der Waals surface area contributed by atoms with E-state index in [9.17, 15) is 14.4 Å². The summed E-state index contributed by atoms with van der Waals surface area (Å²) in [4.78, 5) is 38.1. The highest BCUT2D eigenvalue weighted by atomic mass is 16.5. The summed E-state index contributed by atoms with van der Waals surface area (Å²) in [6.07, 6.45) is 0.575. The van der Waals surface area contributed by atoms with E-state index in [1.54, 1.807) is 38.2 Å². The second-order valence-corrected chi connectivity index (χ2v) is 6.91. The molecule has 9 heteroatoms. The van der Waals surface area contributed by atoms with Crippen molar-refractivity contribution in [2.24, 2.45) is 0 Å². The number of rotatable bonds is 7. The average molecular weight is 424 g/mol. The lowest BCUT2D eigenvalue weighted by Gasteiger charge is -2.14. The number of carbonyl (C=O) groups excluding carboxylic acids is 3. The van der Waals surface area contributed by atoms with E-state index >= 15 is 0 Å². The first-order valence-electron chi connectivity index (χ1n) is 9.97. The number of amides is 2. The molecule has 0 saturated heterocycles. The molecule has 0 spiro atoms. The van der Waals surface area contributed by atoms with E-state index < -0.39 is 5.97 Å². The van der Waals surface area contributed by atoms with Crippen LogP contribution in [0.2, 0.25) is 0 Å². The summed E-state index contributed by atoms with van der Waals surface area (Å²) in [6, 6.07) is 7.04. The smallest absolute Gasteiger partial charge is 0.359 e. The van der Waals surface area contributed by atoms with Crippen LogP contribution in [0.4, 0.5) is 0 Å². The average Bonchev–Trinajstić information content (AvgIpc) is 3.33. The zero-order valence-electron chi connectivity index (χ0n) is 17.5. The second-order valence-electron chi connectivity index (χ2n) is 6.91. The first-order chi connectivity index (χ1) is 15.0. The molecule has 1 aromatic heterocycles. The number of aliphatic hydroxyl groups is 1. The van der Waals surface area contributed by atoms with Crippen LogP contribution in [0, 0.1) is 11.8 Å². The molecule has 0 saturated carbocycles. The summed E-state index contributed by atoms with van der Waals surface area (Å²) in [7, 11) is 1.67. The number of nitrogens with one attached hydrogen (secondary N) is 1. The molecular weight excluding hydrogens is 400 g/mol. The molecule has 0 atom stereocenters. The van der Waals surface area contributed by atoms with Gasteiger partial charge in [-0.25, -0.2) is 9.48 Å². The van der Waals surface area contributed by atoms with E-state index in [4.69, 9.17) is 9.84 Å². The van der Waals surface area contributed by atoms with E-state index in [2.05, 4.69) is 22.3 Å². The van der Waals surface area contributed by atoms with Crippen molar-refractivity contribution in [1.29, 1.82) is 0 Å². The molecule has 1 aliphatic rings. The molecule has 0 aliphatic carbocycles. The van der Waals surface area contributed by atoms with Crippen LogP contribution in [0.3, 0.4) is 0 Å². The Morgan fingerprint density at radius 3 is 2.94 bits per heavy atom. The molecule has 2 amide bonds. The van der Waals surface area contributed by atoms with Crippen LogP contribution in [-0.2, 0) is 16.1 Å². The maximum atomic E-state index is 12.3. The number of hydrogen-bond donors (Lipinski definition) is 2. The van der Waals surface area contributed by atoms with Gasteiger partial charge in [-0.05, 0) is 31.5 Å². The zero-order valence-corrected chi connectivity index (χ0v) is 17.5. The lowest BCUT2D eigenvalue weighted by atomic mass is 10.2. The first kappa shape index (κ1) is 22.1. The fraction of sp³-hybridized carbons (Fsp3) is 0.364. The minimum atomic E-state index is -0.575. The maximum Gasteiger partial charge on any atom is 0.359 e. The van der Waals surface area contributed by atoms with E-state index in [-0.39, 0.29) is 43.7 Å². The van der Waals surface area contributed by atoms with E-state index in [0.717, 1.165) is 0 Å². The first-order valence-corrected chi connectivity index (χ1v) is 9.97. The molecule has 0 bridgehead atoms. The van der Waals surface area contributed by atoms with Gasteiger partial charge in [0.15, 0.2) is 5.69 Å². The van der Waals surface area contributed by atoms with Crippen LogP contribution in [0.15, 0.2) is 24.3 Å². The minimum absolute atomic E-state index is 0.0309. The van der Waals surface area contributed by atoms with Crippen molar-refractivity contribution in [1.82, 2.24) is 20.0 Å². The highest BCUT2D eigenvalue weighted by Gasteiger charge is 2.33. The lowest BCUT2D eigenvalue weighted by Crippen LogP contribution is -2.27. The van der Waals surface area contributed by atoms with E-state index in [0.29, 0.717) is 35.5 Å². The normalized spacial score (nSPS) is 11.9. The highest BCUT2D eigenvalue weighted by molar-refractivity contribution is 6.01. The topological polar surface area (TPSA) is 114 Å². The largest absolute Gasteiger partial charge is 0.461 e. The van der Waals surface area contributed by atoms with Gasteiger partial charge in [-0.15, -0.1) is 0 Å². The van der Waals surface area contributed by atoms with Crippen LogP contribution in [0.25, 0.3) is 5.69 Å². The van der Waals surface area contributed by atoms with Crippen molar-refractivity contribution >= 4 is 17.8 Å². The van der Waals surface area contributed by atoms with Crippen LogP contribution >= 0.6 is 0 Å². The number of esters is 1. The number of nitrogens with zero attached hydrogens (tertiary/aromatic N) is 3. The third-order valence-corrected chi connectivity index (χ3v) is 4.73. The van der Waals surface area contributed by atoms with Gasteiger partial charge in [-0.3, -0.25) is 9.59 Å². The Morgan fingerprint density at radius 1 is 1.39 bits per heavy atom. The van der Waals surface area contributed by atoms with Crippen molar-refractivity contribution in [3.8, 4) is 17.5 Å². The van der Waals surface area contributed by atoms with Crippen LogP contribution in [0.1, 0.15) is 51.9 Å². The Hall–Kier alpha value is -3.64. The molecule has 1 aliphatic heterocycles. The van der Waals surface area contributed by atoms with E-state index in [1.807, 2.05) is 0 Å². The SMILES string of the molecule is CCOC(=O)c1nn(-c2cccc(C#CCC(=O)N(C)CCCO)c2)c2c1CNC2=O. The minimum Gasteiger partial charge on any atom is -0.461 e. The zero-order chi connectivity index (χ0) is 22.4. The second kappa shape index (κ2) is 9.91. The standard InChI is InChI=1S/C22H24N4O5/c1-3-31-22(30)19-17-14-23-21(29)20(17)26(24-19)16-9-4-7-15(13-16)8-5-10-18(28)25(2)11-6-12-27/h4,7,9,13,27H,3,6,10-12,14H2,1-2H3,(H,23,29). The van der Waals surface area contributed by atoms with Crippen LogP contribution in [-0.4, -0.2) is 64.4 Å². The lowest BCUT2D eigenvalue weighted by molar-refractivity contribution is -0.128. The maximum absolute atomic E-state index is 12.3. The number of fused-ring (bicyclic) bond motifs is 1. The molecule has 0 unspecified atom stereocenters. The Bertz CT molecular complexity index is 1060. The number of benzene rings is 1. The molecule has 0 radical (unpaired) electrons. The third-order valence-electron chi connectivity index (χ3n) is 4.73. The Balaban J connectivity index is 1.83. The fourth-order valence-electron chi connectivity index (χ4n) is 3.16.